The minimum absolute atomic E-state index is 0.164. The summed E-state index contributed by atoms with van der Waals surface area (Å²) in [6.45, 7) is 1.74. The number of carbonyl (C=O) groups is 1. The quantitative estimate of drug-likeness (QED) is 0.866. The standard InChI is InChI=1S/C12H17N3O2.C2HF3O2/c1-16-10-3-7-15(9-4-8-17-11(9)10)12-13-5-2-6-14-12;3-2(4,5)1(6)7/h2,5-6,9-11H,3-4,7-8H2,1H3;(H,6,7)/t9-,10-,11-;/m0./s1. The maximum atomic E-state index is 10.6. The first-order valence-corrected chi connectivity index (χ1v) is 7.32. The number of hydrogen-bond acceptors (Lipinski definition) is 6. The van der Waals surface area contributed by atoms with Crippen molar-refractivity contribution in [3.63, 3.8) is 0 Å². The van der Waals surface area contributed by atoms with Crippen LogP contribution >= 0.6 is 0 Å². The lowest BCUT2D eigenvalue weighted by molar-refractivity contribution is -0.192. The number of carboxylic acids is 1. The van der Waals surface area contributed by atoms with Crippen LogP contribution in [-0.4, -0.2) is 65.7 Å². The van der Waals surface area contributed by atoms with Crippen LogP contribution in [0.3, 0.4) is 0 Å². The van der Waals surface area contributed by atoms with Crippen LogP contribution in [0.1, 0.15) is 12.8 Å². The number of methoxy groups -OCH3 is 1. The molecule has 7 nitrogen and oxygen atoms in total. The summed E-state index contributed by atoms with van der Waals surface area (Å²) in [6.07, 6.45) is 0.865. The Hall–Kier alpha value is -1.94. The summed E-state index contributed by atoms with van der Waals surface area (Å²) in [6, 6.07) is 2.20. The molecule has 0 radical (unpaired) electrons. The number of aliphatic carboxylic acids is 1. The lowest BCUT2D eigenvalue weighted by atomic mass is 9.96. The van der Waals surface area contributed by atoms with Crippen molar-refractivity contribution in [2.24, 2.45) is 0 Å². The van der Waals surface area contributed by atoms with Gasteiger partial charge < -0.3 is 19.5 Å². The van der Waals surface area contributed by atoms with E-state index in [0.717, 1.165) is 31.9 Å². The Bertz CT molecular complexity index is 544. The molecule has 2 fully saturated rings. The van der Waals surface area contributed by atoms with Crippen molar-refractivity contribution in [2.45, 2.75) is 37.3 Å². The van der Waals surface area contributed by atoms with Gasteiger partial charge in [0.05, 0.1) is 12.1 Å². The van der Waals surface area contributed by atoms with Crippen molar-refractivity contribution in [3.8, 4) is 0 Å². The number of aromatic nitrogens is 2. The number of piperidine rings is 1. The van der Waals surface area contributed by atoms with E-state index in [9.17, 15) is 13.2 Å². The number of carboxylic acid groups (broad SMARTS) is 1. The molecule has 10 heteroatoms. The van der Waals surface area contributed by atoms with E-state index in [4.69, 9.17) is 19.4 Å². The number of rotatable bonds is 2. The molecule has 1 aromatic rings. The highest BCUT2D eigenvalue weighted by Gasteiger charge is 2.43. The molecule has 2 aliphatic heterocycles. The third-order valence-electron chi connectivity index (χ3n) is 3.88. The molecule has 3 heterocycles. The van der Waals surface area contributed by atoms with E-state index in [1.54, 1.807) is 19.5 Å². The van der Waals surface area contributed by atoms with Crippen LogP contribution in [0.2, 0.25) is 0 Å². The summed E-state index contributed by atoms with van der Waals surface area (Å²) in [5.74, 6) is -1.95. The smallest absolute Gasteiger partial charge is 0.475 e. The first-order valence-electron chi connectivity index (χ1n) is 7.32. The van der Waals surface area contributed by atoms with E-state index in [0.29, 0.717) is 6.04 Å². The van der Waals surface area contributed by atoms with Gasteiger partial charge >= 0.3 is 12.1 Å². The fraction of sp³-hybridized carbons (Fsp3) is 0.643. The number of ether oxygens (including phenoxy) is 2. The molecule has 0 unspecified atom stereocenters. The van der Waals surface area contributed by atoms with E-state index in [1.807, 2.05) is 6.07 Å². The minimum atomic E-state index is -5.08. The molecule has 1 aromatic heterocycles. The fourth-order valence-corrected chi connectivity index (χ4v) is 2.82. The van der Waals surface area contributed by atoms with Gasteiger partial charge in [-0.3, -0.25) is 0 Å². The summed E-state index contributed by atoms with van der Waals surface area (Å²) >= 11 is 0. The molecule has 24 heavy (non-hydrogen) atoms. The van der Waals surface area contributed by atoms with Crippen LogP contribution in [0.5, 0.6) is 0 Å². The summed E-state index contributed by atoms with van der Waals surface area (Å²) in [5.41, 5.74) is 0. The van der Waals surface area contributed by atoms with Crippen molar-refractivity contribution >= 4 is 11.9 Å². The number of hydrogen-bond donors (Lipinski definition) is 1. The van der Waals surface area contributed by atoms with E-state index in [-0.39, 0.29) is 12.2 Å². The van der Waals surface area contributed by atoms with Crippen LogP contribution in [-0.2, 0) is 14.3 Å². The maximum absolute atomic E-state index is 10.6. The lowest BCUT2D eigenvalue weighted by Gasteiger charge is -2.40. The second-order valence-electron chi connectivity index (χ2n) is 5.30. The third-order valence-corrected chi connectivity index (χ3v) is 3.88. The Morgan fingerprint density at radius 1 is 1.38 bits per heavy atom. The van der Waals surface area contributed by atoms with Gasteiger partial charge in [0.1, 0.15) is 6.10 Å². The first kappa shape index (κ1) is 18.4. The molecule has 0 amide bonds. The van der Waals surface area contributed by atoms with Gasteiger partial charge in [-0.2, -0.15) is 13.2 Å². The van der Waals surface area contributed by atoms with Crippen molar-refractivity contribution in [1.82, 2.24) is 9.97 Å². The molecule has 0 saturated carbocycles. The zero-order valence-corrected chi connectivity index (χ0v) is 12.9. The molecular formula is C14H18F3N3O4. The van der Waals surface area contributed by atoms with Crippen molar-refractivity contribution in [2.75, 3.05) is 25.2 Å². The average Bonchev–Trinajstić information content (AvgIpc) is 3.04. The summed E-state index contributed by atoms with van der Waals surface area (Å²) in [5, 5.41) is 7.12. The zero-order chi connectivity index (χ0) is 17.7. The van der Waals surface area contributed by atoms with Gasteiger partial charge in [-0.05, 0) is 18.9 Å². The Morgan fingerprint density at radius 3 is 2.54 bits per heavy atom. The fourth-order valence-electron chi connectivity index (χ4n) is 2.82. The van der Waals surface area contributed by atoms with Gasteiger partial charge in [-0.25, -0.2) is 14.8 Å². The van der Waals surface area contributed by atoms with E-state index >= 15 is 0 Å². The van der Waals surface area contributed by atoms with E-state index in [1.165, 1.54) is 0 Å². The Kier molecular flexibility index (Phi) is 5.94. The highest BCUT2D eigenvalue weighted by Crippen LogP contribution is 2.31. The second kappa shape index (κ2) is 7.75. The lowest BCUT2D eigenvalue weighted by Crippen LogP contribution is -2.53. The molecule has 2 aliphatic rings. The van der Waals surface area contributed by atoms with E-state index in [2.05, 4.69) is 14.9 Å². The largest absolute Gasteiger partial charge is 0.490 e. The summed E-state index contributed by atoms with van der Waals surface area (Å²) < 4.78 is 43.0. The van der Waals surface area contributed by atoms with Crippen LogP contribution in [0.25, 0.3) is 0 Å². The molecule has 2 saturated heterocycles. The molecule has 0 aromatic carbocycles. The number of anilines is 1. The van der Waals surface area contributed by atoms with Gasteiger partial charge in [0.15, 0.2) is 0 Å². The van der Waals surface area contributed by atoms with Gasteiger partial charge in [0, 0.05) is 32.7 Å². The monoisotopic (exact) mass is 349 g/mol. The van der Waals surface area contributed by atoms with Gasteiger partial charge in [-0.15, -0.1) is 0 Å². The van der Waals surface area contributed by atoms with Crippen molar-refractivity contribution in [3.05, 3.63) is 18.5 Å². The molecule has 134 valence electrons. The number of nitrogens with zero attached hydrogens (tertiary/aromatic N) is 3. The van der Waals surface area contributed by atoms with Gasteiger partial charge in [0.25, 0.3) is 0 Å². The normalized spacial score (nSPS) is 26.3. The van der Waals surface area contributed by atoms with E-state index < -0.39 is 12.1 Å². The zero-order valence-electron chi connectivity index (χ0n) is 12.9. The molecule has 0 spiro atoms. The van der Waals surface area contributed by atoms with Crippen molar-refractivity contribution < 1.29 is 32.5 Å². The average molecular weight is 349 g/mol. The predicted octanol–water partition coefficient (Wildman–Crippen LogP) is 1.49. The number of fused-ring (bicyclic) bond motifs is 1. The number of alkyl halides is 3. The van der Waals surface area contributed by atoms with Gasteiger partial charge in [-0.1, -0.05) is 0 Å². The maximum Gasteiger partial charge on any atom is 0.490 e. The van der Waals surface area contributed by atoms with Crippen LogP contribution in [0, 0.1) is 0 Å². The Balaban J connectivity index is 0.000000256. The summed E-state index contributed by atoms with van der Waals surface area (Å²) in [4.78, 5) is 19.8. The predicted molar refractivity (Wildman–Crippen MR) is 76.6 cm³/mol. The molecule has 0 bridgehead atoms. The van der Waals surface area contributed by atoms with Crippen LogP contribution in [0.4, 0.5) is 19.1 Å². The van der Waals surface area contributed by atoms with Crippen molar-refractivity contribution in [1.29, 1.82) is 0 Å². The highest BCUT2D eigenvalue weighted by atomic mass is 19.4. The Labute approximate surface area is 136 Å². The second-order valence-corrected chi connectivity index (χ2v) is 5.30. The number of halogens is 3. The molecule has 3 atom stereocenters. The highest BCUT2D eigenvalue weighted by molar-refractivity contribution is 5.73. The van der Waals surface area contributed by atoms with Gasteiger partial charge in [0.2, 0.25) is 5.95 Å². The Morgan fingerprint density at radius 2 is 2.00 bits per heavy atom. The third kappa shape index (κ3) is 4.32. The molecule has 0 aliphatic carbocycles. The molecular weight excluding hydrogens is 331 g/mol. The molecule has 3 rings (SSSR count). The minimum Gasteiger partial charge on any atom is -0.475 e. The first-order chi connectivity index (χ1) is 11.3. The van der Waals surface area contributed by atoms with Crippen LogP contribution < -0.4 is 4.90 Å². The summed E-state index contributed by atoms with van der Waals surface area (Å²) in [7, 11) is 1.76. The molecule has 1 N–H and O–H groups in total. The SMILES string of the molecule is CO[C@H]1CCN(c2ncccn2)[C@H]2CCO[C@H]12.O=C(O)C(F)(F)F. The topological polar surface area (TPSA) is 84.8 Å². The van der Waals surface area contributed by atoms with Crippen LogP contribution in [0.15, 0.2) is 18.5 Å².